The molecule has 2 aliphatic heterocycles. The van der Waals surface area contributed by atoms with Crippen molar-refractivity contribution in [2.45, 2.75) is 71.4 Å². The normalized spacial score (nSPS) is 28.6. The van der Waals surface area contributed by atoms with E-state index in [1.807, 2.05) is 6.20 Å². The first-order valence-electron chi connectivity index (χ1n) is 8.59. The molecule has 0 aromatic carbocycles. The van der Waals surface area contributed by atoms with Crippen molar-refractivity contribution in [2.24, 2.45) is 0 Å². The zero-order chi connectivity index (χ0) is 15.7. The minimum absolute atomic E-state index is 0.107. The summed E-state index contributed by atoms with van der Waals surface area (Å²) in [5, 5.41) is 0. The van der Waals surface area contributed by atoms with Crippen LogP contribution in [0.4, 0.5) is 0 Å². The Hall–Kier alpha value is -1.64. The summed E-state index contributed by atoms with van der Waals surface area (Å²) >= 11 is 0. The molecule has 2 unspecified atom stereocenters. The minimum atomic E-state index is 0.107. The fourth-order valence-corrected chi connectivity index (χ4v) is 4.84. The van der Waals surface area contributed by atoms with Crippen LogP contribution in [0.15, 0.2) is 18.5 Å². The van der Waals surface area contributed by atoms with E-state index in [9.17, 15) is 0 Å². The molecule has 0 saturated carbocycles. The van der Waals surface area contributed by atoms with Crippen LogP contribution in [0.3, 0.4) is 0 Å². The van der Waals surface area contributed by atoms with Crippen molar-refractivity contribution in [3.8, 4) is 11.4 Å². The van der Waals surface area contributed by atoms with Crippen LogP contribution in [0, 0.1) is 6.92 Å². The molecule has 3 heteroatoms. The number of nitrogens with zero attached hydrogens (tertiary/aromatic N) is 3. The number of rotatable bonds is 2. The highest BCUT2D eigenvalue weighted by molar-refractivity contribution is 5.67. The van der Waals surface area contributed by atoms with E-state index in [2.05, 4.69) is 56.0 Å². The molecular weight excluding hydrogens is 270 g/mol. The first kappa shape index (κ1) is 14.0. The zero-order valence-electron chi connectivity index (χ0n) is 14.4. The fourth-order valence-electron chi connectivity index (χ4n) is 4.84. The molecule has 2 aromatic rings. The third-order valence-corrected chi connectivity index (χ3v) is 6.76. The lowest BCUT2D eigenvalue weighted by atomic mass is 9.61. The summed E-state index contributed by atoms with van der Waals surface area (Å²) in [6.45, 7) is 12.8. The highest BCUT2D eigenvalue weighted by Gasteiger charge is 2.56. The van der Waals surface area contributed by atoms with Gasteiger partial charge in [-0.05, 0) is 31.4 Å². The molecule has 2 atom stereocenters. The van der Waals surface area contributed by atoms with Gasteiger partial charge >= 0.3 is 0 Å². The van der Waals surface area contributed by atoms with E-state index in [0.717, 1.165) is 25.8 Å². The molecule has 0 amide bonds. The number of aryl methyl sites for hydroxylation is 2. The van der Waals surface area contributed by atoms with Gasteiger partial charge in [0.05, 0.1) is 17.8 Å². The second kappa shape index (κ2) is 4.21. The summed E-state index contributed by atoms with van der Waals surface area (Å²) < 4.78 is 5.06. The van der Waals surface area contributed by atoms with Gasteiger partial charge in [0, 0.05) is 25.0 Å². The van der Waals surface area contributed by atoms with Crippen molar-refractivity contribution in [3.63, 3.8) is 0 Å². The van der Waals surface area contributed by atoms with Crippen LogP contribution in [-0.2, 0) is 23.9 Å². The summed E-state index contributed by atoms with van der Waals surface area (Å²) in [4.78, 5) is 4.71. The van der Waals surface area contributed by atoms with Crippen LogP contribution in [-0.4, -0.2) is 9.55 Å². The Morgan fingerprint density at radius 2 is 2.05 bits per heavy atom. The number of aromatic nitrogens is 3. The van der Waals surface area contributed by atoms with E-state index < -0.39 is 0 Å². The van der Waals surface area contributed by atoms with Gasteiger partial charge in [0.2, 0.25) is 0 Å². The lowest BCUT2D eigenvalue weighted by Crippen LogP contribution is -2.67. The van der Waals surface area contributed by atoms with Crippen molar-refractivity contribution in [1.82, 2.24) is 9.55 Å². The molecule has 4 rings (SSSR count). The maximum Gasteiger partial charge on any atom is 0.291 e. The molecule has 0 saturated heterocycles. The lowest BCUT2D eigenvalue weighted by molar-refractivity contribution is -0.764. The summed E-state index contributed by atoms with van der Waals surface area (Å²) in [6.07, 6.45) is 7.73. The Morgan fingerprint density at radius 1 is 1.27 bits per heavy atom. The zero-order valence-corrected chi connectivity index (χ0v) is 14.4. The van der Waals surface area contributed by atoms with Crippen LogP contribution < -0.4 is 4.57 Å². The SMILES string of the molecule is CCC1(C)c2ccnc3c2-c2n(c(C)c[n+]2C1(C)CC)CC3. The van der Waals surface area contributed by atoms with Gasteiger partial charge in [-0.15, -0.1) is 0 Å². The molecule has 22 heavy (non-hydrogen) atoms. The lowest BCUT2D eigenvalue weighted by Gasteiger charge is -2.48. The molecule has 2 aliphatic rings. The average molecular weight is 296 g/mol. The topological polar surface area (TPSA) is 21.7 Å². The van der Waals surface area contributed by atoms with E-state index >= 15 is 0 Å². The van der Waals surface area contributed by atoms with Crippen molar-refractivity contribution in [1.29, 1.82) is 0 Å². The van der Waals surface area contributed by atoms with E-state index in [0.29, 0.717) is 0 Å². The standard InChI is InChI=1S/C19H26N3/c1-6-18(4)14-8-10-20-15-9-11-21-13(3)12-22(17(21)16(14)15)19(18,5)7-2/h8,10,12H,6-7,9,11H2,1-5H3/q+1. The second-order valence-electron chi connectivity index (χ2n) is 7.36. The molecule has 0 radical (unpaired) electrons. The Labute approximate surface area is 133 Å². The molecule has 116 valence electrons. The molecule has 0 fully saturated rings. The highest BCUT2D eigenvalue weighted by atomic mass is 15.2. The quantitative estimate of drug-likeness (QED) is 0.777. The molecule has 3 nitrogen and oxygen atoms in total. The van der Waals surface area contributed by atoms with Gasteiger partial charge in [0.25, 0.3) is 5.82 Å². The van der Waals surface area contributed by atoms with Crippen LogP contribution >= 0.6 is 0 Å². The van der Waals surface area contributed by atoms with Crippen molar-refractivity contribution >= 4 is 0 Å². The summed E-state index contributed by atoms with van der Waals surface area (Å²) in [7, 11) is 0. The van der Waals surface area contributed by atoms with Crippen LogP contribution in [0.5, 0.6) is 0 Å². The van der Waals surface area contributed by atoms with Crippen molar-refractivity contribution < 1.29 is 4.57 Å². The first-order valence-corrected chi connectivity index (χ1v) is 8.59. The molecular formula is C19H26N3+. The Kier molecular flexibility index (Phi) is 2.68. The first-order chi connectivity index (χ1) is 10.5. The summed E-state index contributed by atoms with van der Waals surface area (Å²) in [6, 6.07) is 2.28. The van der Waals surface area contributed by atoms with Gasteiger partial charge < -0.3 is 0 Å². The predicted octanol–water partition coefficient (Wildman–Crippen LogP) is 3.51. The van der Waals surface area contributed by atoms with Gasteiger partial charge in [-0.3, -0.25) is 4.98 Å². The number of hydrogen-bond donors (Lipinski definition) is 0. The fraction of sp³-hybridized carbons (Fsp3) is 0.579. The summed E-state index contributed by atoms with van der Waals surface area (Å²) in [5.74, 6) is 1.39. The predicted molar refractivity (Wildman–Crippen MR) is 87.9 cm³/mol. The largest absolute Gasteiger partial charge is 0.291 e. The number of hydrogen-bond acceptors (Lipinski definition) is 1. The maximum atomic E-state index is 4.71. The van der Waals surface area contributed by atoms with Crippen LogP contribution in [0.2, 0.25) is 0 Å². The van der Waals surface area contributed by atoms with Crippen LogP contribution in [0.25, 0.3) is 11.4 Å². The average Bonchev–Trinajstić information content (AvgIpc) is 2.89. The molecule has 0 aliphatic carbocycles. The molecule has 0 bridgehead atoms. The van der Waals surface area contributed by atoms with Gasteiger partial charge in [0.15, 0.2) is 0 Å². The minimum Gasteiger partial charge on any atom is -0.260 e. The van der Waals surface area contributed by atoms with Gasteiger partial charge in [-0.25, -0.2) is 9.13 Å². The Balaban J connectivity index is 2.18. The maximum absolute atomic E-state index is 4.71. The van der Waals surface area contributed by atoms with Gasteiger partial charge in [-0.1, -0.05) is 20.8 Å². The Bertz CT molecular complexity index is 773. The third kappa shape index (κ3) is 1.34. The molecule has 4 heterocycles. The smallest absolute Gasteiger partial charge is 0.260 e. The monoisotopic (exact) mass is 296 g/mol. The van der Waals surface area contributed by atoms with Gasteiger partial charge in [0.1, 0.15) is 17.4 Å². The van der Waals surface area contributed by atoms with E-state index in [1.165, 1.54) is 28.3 Å². The second-order valence-corrected chi connectivity index (χ2v) is 7.36. The molecule has 2 aromatic heterocycles. The van der Waals surface area contributed by atoms with E-state index in [4.69, 9.17) is 4.98 Å². The van der Waals surface area contributed by atoms with Crippen molar-refractivity contribution in [3.05, 3.63) is 35.4 Å². The van der Waals surface area contributed by atoms with Crippen LogP contribution in [0.1, 0.15) is 57.5 Å². The summed E-state index contributed by atoms with van der Waals surface area (Å²) in [5.41, 5.74) is 5.82. The van der Waals surface area contributed by atoms with Gasteiger partial charge in [-0.2, -0.15) is 0 Å². The Morgan fingerprint density at radius 3 is 2.73 bits per heavy atom. The molecule has 0 spiro atoms. The van der Waals surface area contributed by atoms with E-state index in [1.54, 1.807) is 0 Å². The number of imidazole rings is 1. The third-order valence-electron chi connectivity index (χ3n) is 6.76. The molecule has 0 N–H and O–H groups in total. The highest BCUT2D eigenvalue weighted by Crippen LogP contribution is 2.51. The van der Waals surface area contributed by atoms with Crippen molar-refractivity contribution in [2.75, 3.05) is 0 Å². The van der Waals surface area contributed by atoms with E-state index in [-0.39, 0.29) is 11.0 Å². The number of pyridine rings is 1.